The van der Waals surface area contributed by atoms with E-state index in [0.29, 0.717) is 6.54 Å². The van der Waals surface area contributed by atoms with Gasteiger partial charge in [-0.25, -0.2) is 4.98 Å². The molecule has 2 rings (SSSR count). The van der Waals surface area contributed by atoms with Crippen molar-refractivity contribution in [1.82, 2.24) is 9.97 Å². The van der Waals surface area contributed by atoms with Crippen LogP contribution < -0.4 is 10.5 Å². The van der Waals surface area contributed by atoms with Crippen LogP contribution in [-0.4, -0.2) is 17.1 Å². The third kappa shape index (κ3) is 2.31. The molecule has 0 saturated heterocycles. The summed E-state index contributed by atoms with van der Waals surface area (Å²) in [7, 11) is 1.65. The molecule has 2 aromatic rings. The van der Waals surface area contributed by atoms with Crippen LogP contribution in [0, 0.1) is 0 Å². The van der Waals surface area contributed by atoms with Crippen LogP contribution in [-0.2, 0) is 13.0 Å². The molecule has 90 valence electrons. The number of aromatic nitrogens is 2. The van der Waals surface area contributed by atoms with E-state index in [2.05, 4.69) is 16.9 Å². The van der Waals surface area contributed by atoms with Crippen LogP contribution in [0.4, 0.5) is 0 Å². The van der Waals surface area contributed by atoms with Crippen LogP contribution in [0.1, 0.15) is 18.3 Å². The molecule has 1 aromatic heterocycles. The number of H-pyrrole nitrogens is 1. The summed E-state index contributed by atoms with van der Waals surface area (Å²) in [5.74, 6) is 1.82. The molecule has 0 saturated carbocycles. The highest BCUT2D eigenvalue weighted by Crippen LogP contribution is 2.25. The lowest BCUT2D eigenvalue weighted by Crippen LogP contribution is -2.00. The summed E-state index contributed by atoms with van der Waals surface area (Å²) in [6.07, 6.45) is 2.75. The summed E-state index contributed by atoms with van der Waals surface area (Å²) in [5.41, 5.74) is 8.79. The second kappa shape index (κ2) is 5.01. The lowest BCUT2D eigenvalue weighted by atomic mass is 10.1. The number of hydrogen-bond acceptors (Lipinski definition) is 3. The number of aryl methyl sites for hydroxylation is 1. The van der Waals surface area contributed by atoms with E-state index in [1.165, 1.54) is 0 Å². The van der Waals surface area contributed by atoms with E-state index in [4.69, 9.17) is 10.5 Å². The summed E-state index contributed by atoms with van der Waals surface area (Å²) in [6.45, 7) is 2.54. The van der Waals surface area contributed by atoms with Gasteiger partial charge in [0.05, 0.1) is 19.0 Å². The zero-order valence-corrected chi connectivity index (χ0v) is 10.2. The van der Waals surface area contributed by atoms with Crippen LogP contribution in [0.2, 0.25) is 0 Å². The van der Waals surface area contributed by atoms with Gasteiger partial charge in [0.2, 0.25) is 0 Å². The molecule has 1 heterocycles. The smallest absolute Gasteiger partial charge is 0.123 e. The van der Waals surface area contributed by atoms with Gasteiger partial charge in [-0.05, 0) is 18.2 Å². The van der Waals surface area contributed by atoms with Gasteiger partial charge in [-0.1, -0.05) is 6.92 Å². The highest BCUT2D eigenvalue weighted by atomic mass is 16.5. The minimum Gasteiger partial charge on any atom is -0.496 e. The third-order valence-corrected chi connectivity index (χ3v) is 2.77. The van der Waals surface area contributed by atoms with E-state index >= 15 is 0 Å². The molecule has 0 fully saturated rings. The Bertz CT molecular complexity index is 505. The lowest BCUT2D eigenvalue weighted by Gasteiger charge is -2.08. The van der Waals surface area contributed by atoms with Gasteiger partial charge in [0, 0.05) is 24.1 Å². The van der Waals surface area contributed by atoms with Crippen LogP contribution in [0.25, 0.3) is 11.3 Å². The number of aromatic amines is 1. The second-order valence-corrected chi connectivity index (χ2v) is 3.83. The molecule has 0 spiro atoms. The monoisotopic (exact) mass is 231 g/mol. The first-order valence-electron chi connectivity index (χ1n) is 5.69. The molecule has 0 amide bonds. The quantitative estimate of drug-likeness (QED) is 0.847. The van der Waals surface area contributed by atoms with Gasteiger partial charge in [0.25, 0.3) is 0 Å². The van der Waals surface area contributed by atoms with E-state index in [0.717, 1.165) is 34.8 Å². The van der Waals surface area contributed by atoms with Crippen molar-refractivity contribution in [1.29, 1.82) is 0 Å². The molecule has 0 aliphatic carbocycles. The summed E-state index contributed by atoms with van der Waals surface area (Å²) in [5, 5.41) is 0. The Hall–Kier alpha value is -1.81. The van der Waals surface area contributed by atoms with Crippen molar-refractivity contribution < 1.29 is 4.74 Å². The van der Waals surface area contributed by atoms with E-state index in [9.17, 15) is 0 Å². The molecule has 0 unspecified atom stereocenters. The molecule has 0 aliphatic rings. The SMILES string of the molecule is CCc1ncc(-c2ccc(OC)c(CN)c2)[nH]1. The maximum atomic E-state index is 5.70. The Morgan fingerprint density at radius 1 is 1.41 bits per heavy atom. The van der Waals surface area contributed by atoms with Crippen molar-refractivity contribution in [2.75, 3.05) is 7.11 Å². The molecule has 4 nitrogen and oxygen atoms in total. The molecular weight excluding hydrogens is 214 g/mol. The molecule has 0 bridgehead atoms. The van der Waals surface area contributed by atoms with Gasteiger partial charge in [0.1, 0.15) is 11.6 Å². The number of benzene rings is 1. The van der Waals surface area contributed by atoms with Crippen molar-refractivity contribution in [3.8, 4) is 17.0 Å². The van der Waals surface area contributed by atoms with Crippen LogP contribution in [0.3, 0.4) is 0 Å². The van der Waals surface area contributed by atoms with E-state index in [1.54, 1.807) is 7.11 Å². The molecular formula is C13H17N3O. The first-order valence-corrected chi connectivity index (χ1v) is 5.69. The highest BCUT2D eigenvalue weighted by molar-refractivity contribution is 5.61. The Morgan fingerprint density at radius 3 is 2.82 bits per heavy atom. The molecule has 4 heteroatoms. The van der Waals surface area contributed by atoms with Gasteiger partial charge < -0.3 is 15.5 Å². The number of rotatable bonds is 4. The zero-order valence-electron chi connectivity index (χ0n) is 10.2. The Morgan fingerprint density at radius 2 is 2.24 bits per heavy atom. The number of imidazole rings is 1. The first kappa shape index (κ1) is 11.7. The predicted octanol–water partition coefficient (Wildman–Crippen LogP) is 2.11. The maximum absolute atomic E-state index is 5.70. The molecule has 3 N–H and O–H groups in total. The van der Waals surface area contributed by atoms with Crippen LogP contribution in [0.5, 0.6) is 5.75 Å². The number of ether oxygens (including phenoxy) is 1. The maximum Gasteiger partial charge on any atom is 0.123 e. The average molecular weight is 231 g/mol. The fourth-order valence-electron chi connectivity index (χ4n) is 1.79. The van der Waals surface area contributed by atoms with Crippen molar-refractivity contribution in [3.05, 3.63) is 35.8 Å². The summed E-state index contributed by atoms with van der Waals surface area (Å²) >= 11 is 0. The van der Waals surface area contributed by atoms with Gasteiger partial charge >= 0.3 is 0 Å². The topological polar surface area (TPSA) is 63.9 Å². The molecule has 0 aliphatic heterocycles. The van der Waals surface area contributed by atoms with Crippen molar-refractivity contribution in [3.63, 3.8) is 0 Å². The number of nitrogens with zero attached hydrogens (tertiary/aromatic N) is 1. The Labute approximate surface area is 101 Å². The Kier molecular flexibility index (Phi) is 3.44. The van der Waals surface area contributed by atoms with E-state index in [-0.39, 0.29) is 0 Å². The largest absolute Gasteiger partial charge is 0.496 e. The zero-order chi connectivity index (χ0) is 12.3. The minimum absolute atomic E-state index is 0.464. The summed E-state index contributed by atoms with van der Waals surface area (Å²) in [6, 6.07) is 5.97. The number of nitrogens with two attached hydrogens (primary N) is 1. The summed E-state index contributed by atoms with van der Waals surface area (Å²) in [4.78, 5) is 7.57. The summed E-state index contributed by atoms with van der Waals surface area (Å²) < 4.78 is 5.25. The van der Waals surface area contributed by atoms with Crippen molar-refractivity contribution in [2.24, 2.45) is 5.73 Å². The van der Waals surface area contributed by atoms with E-state index in [1.807, 2.05) is 24.4 Å². The number of methoxy groups -OCH3 is 1. The predicted molar refractivity (Wildman–Crippen MR) is 67.8 cm³/mol. The standard InChI is InChI=1S/C13H17N3O/c1-3-13-15-8-11(16-13)9-4-5-12(17-2)10(6-9)7-14/h4-6,8H,3,7,14H2,1-2H3,(H,15,16). The van der Waals surface area contributed by atoms with Crippen LogP contribution in [0.15, 0.2) is 24.4 Å². The van der Waals surface area contributed by atoms with Gasteiger partial charge in [-0.3, -0.25) is 0 Å². The highest BCUT2D eigenvalue weighted by Gasteiger charge is 2.06. The molecule has 1 aromatic carbocycles. The minimum atomic E-state index is 0.464. The average Bonchev–Trinajstić information content (AvgIpc) is 2.86. The van der Waals surface area contributed by atoms with Crippen molar-refractivity contribution in [2.45, 2.75) is 19.9 Å². The fourth-order valence-corrected chi connectivity index (χ4v) is 1.79. The third-order valence-electron chi connectivity index (χ3n) is 2.77. The fraction of sp³-hybridized carbons (Fsp3) is 0.308. The van der Waals surface area contributed by atoms with Crippen molar-refractivity contribution >= 4 is 0 Å². The molecule has 0 atom stereocenters. The first-order chi connectivity index (χ1) is 8.28. The van der Waals surface area contributed by atoms with Gasteiger partial charge in [-0.15, -0.1) is 0 Å². The number of nitrogens with one attached hydrogen (secondary N) is 1. The lowest BCUT2D eigenvalue weighted by molar-refractivity contribution is 0.410. The second-order valence-electron chi connectivity index (χ2n) is 3.83. The van der Waals surface area contributed by atoms with Gasteiger partial charge in [-0.2, -0.15) is 0 Å². The molecule has 0 radical (unpaired) electrons. The number of hydrogen-bond donors (Lipinski definition) is 2. The van der Waals surface area contributed by atoms with Gasteiger partial charge in [0.15, 0.2) is 0 Å². The van der Waals surface area contributed by atoms with E-state index < -0.39 is 0 Å². The normalized spacial score (nSPS) is 10.5. The Balaban J connectivity index is 2.38. The molecule has 17 heavy (non-hydrogen) atoms. The van der Waals surface area contributed by atoms with Crippen LogP contribution >= 0.6 is 0 Å².